The van der Waals surface area contributed by atoms with Gasteiger partial charge in [-0.25, -0.2) is 9.37 Å². The van der Waals surface area contributed by atoms with E-state index < -0.39 is 0 Å². The van der Waals surface area contributed by atoms with Crippen molar-refractivity contribution in [3.8, 4) is 5.69 Å². The number of imidazole rings is 1. The molecule has 1 aliphatic heterocycles. The van der Waals surface area contributed by atoms with Crippen molar-refractivity contribution in [2.45, 2.75) is 32.7 Å². The summed E-state index contributed by atoms with van der Waals surface area (Å²) < 4.78 is 15.3. The van der Waals surface area contributed by atoms with Crippen LogP contribution < -0.4 is 5.32 Å². The zero-order valence-electron chi connectivity index (χ0n) is 18.7. The molecule has 2 heterocycles. The third kappa shape index (κ3) is 4.66. The molecule has 0 spiro atoms. The van der Waals surface area contributed by atoms with Gasteiger partial charge in [-0.15, -0.1) is 0 Å². The number of benzene rings is 3. The second kappa shape index (κ2) is 9.16. The summed E-state index contributed by atoms with van der Waals surface area (Å²) in [5, 5.41) is 3.00. The Morgan fingerprint density at radius 2 is 1.70 bits per heavy atom. The standard InChI is InChI=1S/C27H27FN4O/c1-19-29-25-14-7-21(17-26(25)32(19)24-12-8-22(28)9-13-24)27(33)30-23-10-5-20(6-11-23)18-31-15-3-2-4-16-31/h5-14,17H,2-4,15-16,18H2,1H3,(H,30,33). The molecule has 1 N–H and O–H groups in total. The van der Waals surface area contributed by atoms with Crippen LogP contribution in [0.4, 0.5) is 10.1 Å². The van der Waals surface area contributed by atoms with E-state index in [-0.39, 0.29) is 11.7 Å². The number of anilines is 1. The van der Waals surface area contributed by atoms with Crippen LogP contribution in [0, 0.1) is 12.7 Å². The van der Waals surface area contributed by atoms with Crippen LogP contribution in [0.15, 0.2) is 66.7 Å². The van der Waals surface area contributed by atoms with E-state index in [1.165, 1.54) is 37.0 Å². The van der Waals surface area contributed by atoms with Gasteiger partial charge in [0.05, 0.1) is 11.0 Å². The number of nitrogens with one attached hydrogen (secondary N) is 1. The normalized spacial score (nSPS) is 14.5. The number of aryl methyl sites for hydroxylation is 1. The molecule has 5 nitrogen and oxygen atoms in total. The third-order valence-electron chi connectivity index (χ3n) is 6.24. The van der Waals surface area contributed by atoms with E-state index in [1.54, 1.807) is 18.2 Å². The fourth-order valence-corrected chi connectivity index (χ4v) is 4.53. The largest absolute Gasteiger partial charge is 0.322 e. The Bertz CT molecular complexity index is 1270. The third-order valence-corrected chi connectivity index (χ3v) is 6.24. The Morgan fingerprint density at radius 1 is 0.970 bits per heavy atom. The molecule has 168 valence electrons. The van der Waals surface area contributed by atoms with Crippen LogP contribution in [0.1, 0.15) is 41.0 Å². The summed E-state index contributed by atoms with van der Waals surface area (Å²) in [4.78, 5) is 20.0. The van der Waals surface area contributed by atoms with Crippen LogP contribution in [-0.2, 0) is 6.54 Å². The van der Waals surface area contributed by atoms with Gasteiger partial charge in [0.15, 0.2) is 0 Å². The van der Waals surface area contributed by atoms with Gasteiger partial charge in [-0.05, 0) is 93.0 Å². The van der Waals surface area contributed by atoms with Crippen LogP contribution >= 0.6 is 0 Å². The molecule has 0 radical (unpaired) electrons. The number of hydrogen-bond donors (Lipinski definition) is 1. The van der Waals surface area contributed by atoms with Gasteiger partial charge in [-0.3, -0.25) is 14.3 Å². The molecule has 33 heavy (non-hydrogen) atoms. The molecule has 1 amide bonds. The van der Waals surface area contributed by atoms with E-state index in [1.807, 2.05) is 35.8 Å². The summed E-state index contributed by atoms with van der Waals surface area (Å²) >= 11 is 0. The molecular formula is C27H27FN4O. The van der Waals surface area contributed by atoms with E-state index in [4.69, 9.17) is 0 Å². The summed E-state index contributed by atoms with van der Waals surface area (Å²) in [5.41, 5.74) is 4.97. The average molecular weight is 443 g/mol. The number of piperidine rings is 1. The lowest BCUT2D eigenvalue weighted by atomic mass is 10.1. The lowest BCUT2D eigenvalue weighted by Crippen LogP contribution is -2.29. The lowest BCUT2D eigenvalue weighted by Gasteiger charge is -2.26. The van der Waals surface area contributed by atoms with Crippen molar-refractivity contribution in [2.75, 3.05) is 18.4 Å². The fraction of sp³-hybridized carbons (Fsp3) is 0.259. The van der Waals surface area contributed by atoms with Gasteiger partial charge in [0.2, 0.25) is 0 Å². The minimum Gasteiger partial charge on any atom is -0.322 e. The van der Waals surface area contributed by atoms with Gasteiger partial charge in [0, 0.05) is 23.5 Å². The first-order valence-electron chi connectivity index (χ1n) is 11.4. The number of carbonyl (C=O) groups excluding carboxylic acids is 1. The monoisotopic (exact) mass is 442 g/mol. The zero-order valence-corrected chi connectivity index (χ0v) is 18.7. The summed E-state index contributed by atoms with van der Waals surface area (Å²) in [6, 6.07) is 19.8. The molecule has 4 aromatic rings. The smallest absolute Gasteiger partial charge is 0.255 e. The van der Waals surface area contributed by atoms with Gasteiger partial charge in [-0.2, -0.15) is 0 Å². The second-order valence-electron chi connectivity index (χ2n) is 8.66. The van der Waals surface area contributed by atoms with E-state index in [9.17, 15) is 9.18 Å². The molecule has 0 atom stereocenters. The highest BCUT2D eigenvalue weighted by Gasteiger charge is 2.14. The highest BCUT2D eigenvalue weighted by molar-refractivity contribution is 6.06. The van der Waals surface area contributed by atoms with E-state index in [0.717, 1.165) is 47.9 Å². The van der Waals surface area contributed by atoms with Gasteiger partial charge in [0.25, 0.3) is 5.91 Å². The molecule has 5 rings (SSSR count). The number of nitrogens with zero attached hydrogens (tertiary/aromatic N) is 3. The Hall–Kier alpha value is -3.51. The second-order valence-corrected chi connectivity index (χ2v) is 8.66. The predicted molar refractivity (Wildman–Crippen MR) is 129 cm³/mol. The number of amides is 1. The molecule has 3 aromatic carbocycles. The Labute approximate surface area is 192 Å². The molecule has 6 heteroatoms. The van der Waals surface area contributed by atoms with Crippen molar-refractivity contribution >= 4 is 22.6 Å². The number of aromatic nitrogens is 2. The number of rotatable bonds is 5. The molecule has 0 bridgehead atoms. The number of likely N-dealkylation sites (tertiary alicyclic amines) is 1. The van der Waals surface area contributed by atoms with Gasteiger partial charge >= 0.3 is 0 Å². The quantitative estimate of drug-likeness (QED) is 0.431. The van der Waals surface area contributed by atoms with Crippen molar-refractivity contribution in [2.24, 2.45) is 0 Å². The zero-order chi connectivity index (χ0) is 22.8. The molecule has 1 fully saturated rings. The highest BCUT2D eigenvalue weighted by Crippen LogP contribution is 2.23. The first kappa shape index (κ1) is 21.3. The average Bonchev–Trinajstić information content (AvgIpc) is 3.16. The van der Waals surface area contributed by atoms with Crippen LogP contribution in [0.3, 0.4) is 0 Å². The van der Waals surface area contributed by atoms with Crippen LogP contribution in [0.2, 0.25) is 0 Å². The number of fused-ring (bicyclic) bond motifs is 1. The van der Waals surface area contributed by atoms with Crippen LogP contribution in [0.5, 0.6) is 0 Å². The van der Waals surface area contributed by atoms with Crippen molar-refractivity contribution < 1.29 is 9.18 Å². The topological polar surface area (TPSA) is 50.2 Å². The summed E-state index contributed by atoms with van der Waals surface area (Å²) in [6.07, 6.45) is 3.88. The first-order valence-corrected chi connectivity index (χ1v) is 11.4. The number of hydrogen-bond acceptors (Lipinski definition) is 3. The van der Waals surface area contributed by atoms with Gasteiger partial charge in [0.1, 0.15) is 11.6 Å². The molecule has 1 aliphatic rings. The van der Waals surface area contributed by atoms with E-state index in [0.29, 0.717) is 5.56 Å². The number of carbonyl (C=O) groups is 1. The van der Waals surface area contributed by atoms with E-state index in [2.05, 4.69) is 27.3 Å². The van der Waals surface area contributed by atoms with Crippen LogP contribution in [-0.4, -0.2) is 33.4 Å². The fourth-order valence-electron chi connectivity index (χ4n) is 4.53. The summed E-state index contributed by atoms with van der Waals surface area (Å²) in [7, 11) is 0. The predicted octanol–water partition coefficient (Wildman–Crippen LogP) is 5.71. The van der Waals surface area contributed by atoms with Crippen molar-refractivity contribution in [1.82, 2.24) is 14.5 Å². The lowest BCUT2D eigenvalue weighted by molar-refractivity contribution is 0.102. The summed E-state index contributed by atoms with van der Waals surface area (Å²) in [5.74, 6) is 0.312. The molecule has 0 saturated carbocycles. The minimum absolute atomic E-state index is 0.176. The maximum atomic E-state index is 13.4. The maximum Gasteiger partial charge on any atom is 0.255 e. The van der Waals surface area contributed by atoms with Crippen molar-refractivity contribution in [3.63, 3.8) is 0 Å². The first-order chi connectivity index (χ1) is 16.1. The van der Waals surface area contributed by atoms with Crippen molar-refractivity contribution in [1.29, 1.82) is 0 Å². The van der Waals surface area contributed by atoms with E-state index >= 15 is 0 Å². The molecular weight excluding hydrogens is 415 g/mol. The molecule has 1 saturated heterocycles. The van der Waals surface area contributed by atoms with Gasteiger partial charge in [-0.1, -0.05) is 18.6 Å². The van der Waals surface area contributed by atoms with Crippen molar-refractivity contribution in [3.05, 3.63) is 89.5 Å². The van der Waals surface area contributed by atoms with Gasteiger partial charge < -0.3 is 5.32 Å². The highest BCUT2D eigenvalue weighted by atomic mass is 19.1. The number of halogens is 1. The van der Waals surface area contributed by atoms with Crippen LogP contribution in [0.25, 0.3) is 16.7 Å². The maximum absolute atomic E-state index is 13.4. The minimum atomic E-state index is -0.289. The Balaban J connectivity index is 1.34. The summed E-state index contributed by atoms with van der Waals surface area (Å²) in [6.45, 7) is 5.18. The SMILES string of the molecule is Cc1nc2ccc(C(=O)Nc3ccc(CN4CCCCC4)cc3)cc2n1-c1ccc(F)cc1. The Morgan fingerprint density at radius 3 is 2.42 bits per heavy atom. The Kier molecular flexibility index (Phi) is 5.92. The molecule has 1 aromatic heterocycles. The molecule has 0 aliphatic carbocycles. The molecule has 0 unspecified atom stereocenters.